The van der Waals surface area contributed by atoms with E-state index in [1.54, 1.807) is 6.20 Å². The number of hydrogen-bond donors (Lipinski definition) is 1. The number of aryl methyl sites for hydroxylation is 1. The van der Waals surface area contributed by atoms with Crippen molar-refractivity contribution in [2.75, 3.05) is 13.1 Å². The third-order valence-corrected chi connectivity index (χ3v) is 5.44. The molecule has 1 aliphatic heterocycles. The Morgan fingerprint density at radius 1 is 1.21 bits per heavy atom. The van der Waals surface area contributed by atoms with Crippen LogP contribution < -0.4 is 5.73 Å². The quantitative estimate of drug-likeness (QED) is 0.920. The van der Waals surface area contributed by atoms with Crippen LogP contribution in [-0.2, 0) is 0 Å². The number of benzene rings is 1. The molecule has 3 atom stereocenters. The maximum Gasteiger partial charge on any atom is 0.257 e. The summed E-state index contributed by atoms with van der Waals surface area (Å²) in [4.78, 5) is 23.7. The van der Waals surface area contributed by atoms with E-state index in [2.05, 4.69) is 9.97 Å². The molecule has 3 unspecified atom stereocenters. The van der Waals surface area contributed by atoms with Crippen LogP contribution in [0.3, 0.4) is 0 Å². The largest absolute Gasteiger partial charge is 0.338 e. The molecule has 4 rings (SSSR count). The Labute approximate surface area is 141 Å². The number of carbonyl (C=O) groups excluding carboxylic acids is 1. The van der Waals surface area contributed by atoms with Gasteiger partial charge in [-0.05, 0) is 31.6 Å². The Balaban J connectivity index is 1.55. The summed E-state index contributed by atoms with van der Waals surface area (Å²) in [6.45, 7) is 3.46. The molecule has 1 amide bonds. The first kappa shape index (κ1) is 15.3. The Morgan fingerprint density at radius 2 is 2.00 bits per heavy atom. The molecular weight excluding hydrogens is 300 g/mol. The predicted molar refractivity (Wildman–Crippen MR) is 92.3 cm³/mol. The van der Waals surface area contributed by atoms with E-state index < -0.39 is 0 Å². The minimum atomic E-state index is 0.0358. The molecule has 1 aliphatic carbocycles. The molecule has 2 fully saturated rings. The molecule has 2 aliphatic rings. The van der Waals surface area contributed by atoms with Crippen LogP contribution in [0.5, 0.6) is 0 Å². The number of rotatable bonds is 2. The highest BCUT2D eigenvalue weighted by Crippen LogP contribution is 2.37. The van der Waals surface area contributed by atoms with Crippen molar-refractivity contribution in [2.24, 2.45) is 17.6 Å². The van der Waals surface area contributed by atoms with Crippen molar-refractivity contribution in [2.45, 2.75) is 25.8 Å². The van der Waals surface area contributed by atoms with Crippen molar-refractivity contribution in [3.8, 4) is 11.4 Å². The maximum absolute atomic E-state index is 12.9. The Morgan fingerprint density at radius 3 is 2.71 bits per heavy atom. The van der Waals surface area contributed by atoms with Gasteiger partial charge in [0.25, 0.3) is 5.91 Å². The summed E-state index contributed by atoms with van der Waals surface area (Å²) >= 11 is 0. The molecule has 0 spiro atoms. The summed E-state index contributed by atoms with van der Waals surface area (Å²) in [5, 5.41) is 0. The SMILES string of the molecule is Cc1nc(-c2ccccc2)ncc1C(=O)N1CC2CCC(N)C2C1. The average molecular weight is 322 g/mol. The van der Waals surface area contributed by atoms with Crippen LogP contribution in [0.25, 0.3) is 11.4 Å². The van der Waals surface area contributed by atoms with Crippen molar-refractivity contribution in [3.05, 3.63) is 47.8 Å². The Bertz CT molecular complexity index is 761. The topological polar surface area (TPSA) is 72.1 Å². The first-order valence-corrected chi connectivity index (χ1v) is 8.57. The number of carbonyl (C=O) groups is 1. The standard InChI is InChI=1S/C19H22N4O/c1-12-15(9-21-18(22-12)13-5-3-2-4-6-13)19(24)23-10-14-7-8-17(20)16(14)11-23/h2-6,9,14,16-17H,7-8,10-11,20H2,1H3. The van der Waals surface area contributed by atoms with Crippen molar-refractivity contribution < 1.29 is 4.79 Å². The number of likely N-dealkylation sites (tertiary alicyclic amines) is 1. The van der Waals surface area contributed by atoms with Gasteiger partial charge in [-0.3, -0.25) is 4.79 Å². The van der Waals surface area contributed by atoms with E-state index >= 15 is 0 Å². The highest BCUT2D eigenvalue weighted by atomic mass is 16.2. The summed E-state index contributed by atoms with van der Waals surface area (Å²) in [7, 11) is 0. The van der Waals surface area contributed by atoms with Crippen LogP contribution in [0.4, 0.5) is 0 Å². The summed E-state index contributed by atoms with van der Waals surface area (Å²) in [5.41, 5.74) is 8.46. The molecule has 1 aromatic carbocycles. The minimum absolute atomic E-state index is 0.0358. The average Bonchev–Trinajstić information content (AvgIpc) is 3.17. The second-order valence-electron chi connectivity index (χ2n) is 6.93. The molecular formula is C19H22N4O. The first-order chi connectivity index (χ1) is 11.6. The van der Waals surface area contributed by atoms with Crippen molar-refractivity contribution in [3.63, 3.8) is 0 Å². The van der Waals surface area contributed by atoms with Crippen LogP contribution in [0.1, 0.15) is 28.9 Å². The number of nitrogens with two attached hydrogens (primary N) is 1. The fraction of sp³-hybridized carbons (Fsp3) is 0.421. The maximum atomic E-state index is 12.9. The lowest BCUT2D eigenvalue weighted by Crippen LogP contribution is -2.34. The smallest absolute Gasteiger partial charge is 0.257 e. The molecule has 5 nitrogen and oxygen atoms in total. The van der Waals surface area contributed by atoms with Gasteiger partial charge in [-0.15, -0.1) is 0 Å². The zero-order chi connectivity index (χ0) is 16.7. The van der Waals surface area contributed by atoms with Gasteiger partial charge in [-0.1, -0.05) is 30.3 Å². The molecule has 1 saturated heterocycles. The van der Waals surface area contributed by atoms with Gasteiger partial charge in [0.05, 0.1) is 11.3 Å². The molecule has 2 N–H and O–H groups in total. The summed E-state index contributed by atoms with van der Waals surface area (Å²) in [6, 6.07) is 10.1. The highest BCUT2D eigenvalue weighted by Gasteiger charge is 2.42. The molecule has 124 valence electrons. The van der Waals surface area contributed by atoms with Crippen LogP contribution in [-0.4, -0.2) is 39.9 Å². The Hall–Kier alpha value is -2.27. The zero-order valence-corrected chi connectivity index (χ0v) is 13.9. The molecule has 1 saturated carbocycles. The highest BCUT2D eigenvalue weighted by molar-refractivity contribution is 5.95. The van der Waals surface area contributed by atoms with Gasteiger partial charge in [0, 0.05) is 30.9 Å². The van der Waals surface area contributed by atoms with Crippen LogP contribution in [0.2, 0.25) is 0 Å². The molecule has 1 aromatic heterocycles. The van der Waals surface area contributed by atoms with Gasteiger partial charge in [0.2, 0.25) is 0 Å². The monoisotopic (exact) mass is 322 g/mol. The van der Waals surface area contributed by atoms with Gasteiger partial charge in [-0.2, -0.15) is 0 Å². The molecule has 24 heavy (non-hydrogen) atoms. The van der Waals surface area contributed by atoms with Crippen LogP contribution >= 0.6 is 0 Å². The van der Waals surface area contributed by atoms with Crippen molar-refractivity contribution in [1.82, 2.24) is 14.9 Å². The first-order valence-electron chi connectivity index (χ1n) is 8.57. The van der Waals surface area contributed by atoms with Crippen LogP contribution in [0.15, 0.2) is 36.5 Å². The van der Waals surface area contributed by atoms with Gasteiger partial charge in [0.1, 0.15) is 0 Å². The normalized spacial score (nSPS) is 25.8. The third kappa shape index (κ3) is 2.59. The second kappa shape index (κ2) is 5.98. The number of hydrogen-bond acceptors (Lipinski definition) is 4. The van der Waals surface area contributed by atoms with E-state index in [1.807, 2.05) is 42.2 Å². The lowest BCUT2D eigenvalue weighted by Gasteiger charge is -2.19. The van der Waals surface area contributed by atoms with E-state index in [9.17, 15) is 4.79 Å². The van der Waals surface area contributed by atoms with E-state index in [0.29, 0.717) is 23.2 Å². The number of amides is 1. The van der Waals surface area contributed by atoms with E-state index in [0.717, 1.165) is 37.2 Å². The molecule has 2 heterocycles. The van der Waals surface area contributed by atoms with Gasteiger partial charge >= 0.3 is 0 Å². The van der Waals surface area contributed by atoms with Crippen molar-refractivity contribution >= 4 is 5.91 Å². The number of nitrogens with zero attached hydrogens (tertiary/aromatic N) is 3. The summed E-state index contributed by atoms with van der Waals surface area (Å²) in [5.74, 6) is 1.71. The van der Waals surface area contributed by atoms with E-state index in [4.69, 9.17) is 5.73 Å². The summed E-state index contributed by atoms with van der Waals surface area (Å²) < 4.78 is 0. The fourth-order valence-corrected chi connectivity index (χ4v) is 4.05. The summed E-state index contributed by atoms with van der Waals surface area (Å²) in [6.07, 6.45) is 3.89. The molecule has 5 heteroatoms. The fourth-order valence-electron chi connectivity index (χ4n) is 4.05. The van der Waals surface area contributed by atoms with Gasteiger partial charge in [0.15, 0.2) is 5.82 Å². The number of aromatic nitrogens is 2. The molecule has 2 aromatic rings. The Kier molecular flexibility index (Phi) is 3.81. The van der Waals surface area contributed by atoms with E-state index in [-0.39, 0.29) is 11.9 Å². The van der Waals surface area contributed by atoms with E-state index in [1.165, 1.54) is 0 Å². The lowest BCUT2D eigenvalue weighted by atomic mass is 9.98. The third-order valence-electron chi connectivity index (χ3n) is 5.44. The number of fused-ring (bicyclic) bond motifs is 1. The van der Waals surface area contributed by atoms with Crippen molar-refractivity contribution in [1.29, 1.82) is 0 Å². The predicted octanol–water partition coefficient (Wildman–Crippen LogP) is 2.26. The minimum Gasteiger partial charge on any atom is -0.338 e. The lowest BCUT2D eigenvalue weighted by molar-refractivity contribution is 0.0778. The van der Waals surface area contributed by atoms with Gasteiger partial charge in [-0.25, -0.2) is 9.97 Å². The van der Waals surface area contributed by atoms with Crippen LogP contribution in [0, 0.1) is 18.8 Å². The van der Waals surface area contributed by atoms with Gasteiger partial charge < -0.3 is 10.6 Å². The molecule has 0 bridgehead atoms. The second-order valence-corrected chi connectivity index (χ2v) is 6.93. The zero-order valence-electron chi connectivity index (χ0n) is 13.9. The molecule has 0 radical (unpaired) electrons.